The van der Waals surface area contributed by atoms with E-state index in [9.17, 15) is 10.1 Å². The van der Waals surface area contributed by atoms with E-state index in [1.54, 1.807) is 26.4 Å². The molecule has 0 bridgehead atoms. The average Bonchev–Trinajstić information content (AvgIpc) is 2.77. The van der Waals surface area contributed by atoms with Crippen LogP contribution in [0.15, 0.2) is 40.9 Å². The SMILES string of the molecule is COc1ccc(OC)c([C@H]2C(C#N)=C(N)N(N3CCOCC3)C3=C2C(=O)CC(C)(C)C3)c1. The predicted octanol–water partition coefficient (Wildman–Crippen LogP) is 2.69. The molecule has 8 heteroatoms. The first-order valence-electron chi connectivity index (χ1n) is 10.8. The Labute approximate surface area is 188 Å². The molecule has 0 unspecified atom stereocenters. The lowest BCUT2D eigenvalue weighted by Gasteiger charge is -2.48. The molecule has 1 atom stereocenters. The summed E-state index contributed by atoms with van der Waals surface area (Å²) in [6.07, 6.45) is 1.08. The molecule has 3 aliphatic rings. The Hall–Kier alpha value is -3.02. The monoisotopic (exact) mass is 438 g/mol. The van der Waals surface area contributed by atoms with E-state index in [0.717, 1.165) is 5.70 Å². The van der Waals surface area contributed by atoms with E-state index >= 15 is 0 Å². The van der Waals surface area contributed by atoms with Gasteiger partial charge in [0.25, 0.3) is 0 Å². The van der Waals surface area contributed by atoms with Crippen LogP contribution in [-0.4, -0.2) is 56.3 Å². The lowest BCUT2D eigenvalue weighted by molar-refractivity contribution is -0.119. The van der Waals surface area contributed by atoms with Crippen molar-refractivity contribution in [3.05, 3.63) is 46.4 Å². The second-order valence-corrected chi connectivity index (χ2v) is 9.13. The molecule has 2 aliphatic heterocycles. The van der Waals surface area contributed by atoms with E-state index in [4.69, 9.17) is 19.9 Å². The minimum atomic E-state index is -0.610. The van der Waals surface area contributed by atoms with Crippen LogP contribution in [0.3, 0.4) is 0 Å². The molecule has 1 aliphatic carbocycles. The van der Waals surface area contributed by atoms with Crippen molar-refractivity contribution in [3.63, 3.8) is 0 Å². The Bertz CT molecular complexity index is 1030. The topological polar surface area (TPSA) is 101 Å². The van der Waals surface area contributed by atoms with Gasteiger partial charge in [-0.25, -0.2) is 5.01 Å². The summed E-state index contributed by atoms with van der Waals surface area (Å²) in [5.74, 6) is 0.984. The van der Waals surface area contributed by atoms with Crippen LogP contribution in [0.5, 0.6) is 11.5 Å². The first-order chi connectivity index (χ1) is 15.3. The van der Waals surface area contributed by atoms with Gasteiger partial charge in [-0.1, -0.05) is 13.8 Å². The number of hydrogen-bond donors (Lipinski definition) is 1. The quantitative estimate of drug-likeness (QED) is 0.766. The third-order valence-corrected chi connectivity index (χ3v) is 6.37. The van der Waals surface area contributed by atoms with Crippen LogP contribution in [0.2, 0.25) is 0 Å². The van der Waals surface area contributed by atoms with Crippen molar-refractivity contribution >= 4 is 5.78 Å². The number of Topliss-reactive ketones (excluding diaryl/α,β-unsaturated/α-hetero) is 1. The molecule has 0 saturated carbocycles. The largest absolute Gasteiger partial charge is 0.497 e. The number of carbonyl (C=O) groups is 1. The summed E-state index contributed by atoms with van der Waals surface area (Å²) in [6, 6.07) is 7.73. The number of morpholine rings is 1. The average molecular weight is 439 g/mol. The molecule has 8 nitrogen and oxygen atoms in total. The number of nitrogens with two attached hydrogens (primary N) is 1. The van der Waals surface area contributed by atoms with Gasteiger partial charge in [0, 0.05) is 36.3 Å². The number of carbonyl (C=O) groups excluding carboxylic acids is 1. The Morgan fingerprint density at radius 2 is 1.91 bits per heavy atom. The fourth-order valence-electron chi connectivity index (χ4n) is 4.94. The Morgan fingerprint density at radius 3 is 2.53 bits per heavy atom. The smallest absolute Gasteiger partial charge is 0.162 e. The number of hydrogen-bond acceptors (Lipinski definition) is 8. The van der Waals surface area contributed by atoms with Crippen molar-refractivity contribution in [1.29, 1.82) is 5.26 Å². The van der Waals surface area contributed by atoms with Crippen molar-refractivity contribution in [2.45, 2.75) is 32.6 Å². The number of methoxy groups -OCH3 is 2. The highest BCUT2D eigenvalue weighted by Crippen LogP contribution is 2.51. The van der Waals surface area contributed by atoms with Gasteiger partial charge < -0.3 is 19.9 Å². The van der Waals surface area contributed by atoms with E-state index in [0.29, 0.717) is 73.2 Å². The molecule has 1 fully saturated rings. The van der Waals surface area contributed by atoms with Crippen LogP contribution in [0.25, 0.3) is 0 Å². The number of benzene rings is 1. The van der Waals surface area contributed by atoms with E-state index in [1.165, 1.54) is 0 Å². The standard InChI is InChI=1S/C24H30N4O4/c1-24(2)12-18-22(19(29)13-24)21(16-11-15(30-3)5-6-20(16)31-4)17(14-25)23(26)28(18)27-7-9-32-10-8-27/h5-6,11,21H,7-10,12-13,26H2,1-4H3/t21-/m0/s1. The summed E-state index contributed by atoms with van der Waals surface area (Å²) < 4.78 is 16.6. The van der Waals surface area contributed by atoms with E-state index in [1.807, 2.05) is 11.1 Å². The van der Waals surface area contributed by atoms with Crippen LogP contribution in [0.1, 0.15) is 38.2 Å². The Morgan fingerprint density at radius 1 is 1.19 bits per heavy atom. The molecule has 4 rings (SSSR count). The zero-order chi connectivity index (χ0) is 23.0. The number of hydrazine groups is 1. The van der Waals surface area contributed by atoms with Gasteiger partial charge >= 0.3 is 0 Å². The predicted molar refractivity (Wildman–Crippen MR) is 118 cm³/mol. The highest BCUT2D eigenvalue weighted by molar-refractivity contribution is 6.00. The van der Waals surface area contributed by atoms with Crippen LogP contribution in [0, 0.1) is 16.7 Å². The van der Waals surface area contributed by atoms with Gasteiger partial charge in [-0.05, 0) is 30.0 Å². The van der Waals surface area contributed by atoms with Gasteiger partial charge in [0.1, 0.15) is 17.3 Å². The maximum absolute atomic E-state index is 13.6. The molecule has 0 radical (unpaired) electrons. The van der Waals surface area contributed by atoms with E-state index < -0.39 is 5.92 Å². The lowest BCUT2D eigenvalue weighted by Crippen LogP contribution is -2.53. The molecule has 0 aromatic heterocycles. The van der Waals surface area contributed by atoms with Crippen LogP contribution in [-0.2, 0) is 9.53 Å². The third-order valence-electron chi connectivity index (χ3n) is 6.37. The summed E-state index contributed by atoms with van der Waals surface area (Å²) >= 11 is 0. The summed E-state index contributed by atoms with van der Waals surface area (Å²) in [4.78, 5) is 13.6. The van der Waals surface area contributed by atoms with Crippen molar-refractivity contribution in [3.8, 4) is 17.6 Å². The molecular weight excluding hydrogens is 408 g/mol. The molecule has 1 saturated heterocycles. The third kappa shape index (κ3) is 3.72. The number of allylic oxidation sites excluding steroid dienone is 3. The summed E-state index contributed by atoms with van der Waals surface area (Å²) in [5, 5.41) is 14.2. The van der Waals surface area contributed by atoms with Gasteiger partial charge in [-0.2, -0.15) is 5.26 Å². The fourth-order valence-corrected chi connectivity index (χ4v) is 4.94. The fraction of sp³-hybridized carbons (Fsp3) is 0.500. The molecule has 0 spiro atoms. The Balaban J connectivity index is 1.97. The van der Waals surface area contributed by atoms with E-state index in [2.05, 4.69) is 24.9 Å². The van der Waals surface area contributed by atoms with Crippen LogP contribution >= 0.6 is 0 Å². The van der Waals surface area contributed by atoms with Crippen LogP contribution in [0.4, 0.5) is 0 Å². The number of ether oxygens (including phenoxy) is 3. The normalized spacial score (nSPS) is 23.7. The highest BCUT2D eigenvalue weighted by Gasteiger charge is 2.46. The van der Waals surface area contributed by atoms with Gasteiger partial charge in [-0.15, -0.1) is 0 Å². The first-order valence-corrected chi connectivity index (χ1v) is 10.8. The van der Waals surface area contributed by atoms with Gasteiger partial charge in [-0.3, -0.25) is 9.80 Å². The van der Waals surface area contributed by atoms with Crippen molar-refractivity contribution in [2.24, 2.45) is 11.1 Å². The zero-order valence-corrected chi connectivity index (χ0v) is 19.1. The summed E-state index contributed by atoms with van der Waals surface area (Å²) in [5.41, 5.74) is 8.99. The van der Waals surface area contributed by atoms with Crippen LogP contribution < -0.4 is 15.2 Å². The molecular formula is C24H30N4O4. The maximum Gasteiger partial charge on any atom is 0.162 e. The Kier molecular flexibility index (Phi) is 5.89. The number of nitrogens with zero attached hydrogens (tertiary/aromatic N) is 3. The first kappa shape index (κ1) is 22.2. The zero-order valence-electron chi connectivity index (χ0n) is 19.1. The second kappa shape index (κ2) is 8.49. The number of rotatable bonds is 4. The molecule has 32 heavy (non-hydrogen) atoms. The van der Waals surface area contributed by atoms with Crippen molar-refractivity contribution in [2.75, 3.05) is 40.5 Å². The van der Waals surface area contributed by atoms with E-state index in [-0.39, 0.29) is 11.2 Å². The molecule has 2 heterocycles. The minimum absolute atomic E-state index is 0.0321. The molecule has 170 valence electrons. The summed E-state index contributed by atoms with van der Waals surface area (Å²) in [6.45, 7) is 6.59. The van der Waals surface area contributed by atoms with Gasteiger partial charge in [0.05, 0.1) is 45.0 Å². The van der Waals surface area contributed by atoms with Gasteiger partial charge in [0.2, 0.25) is 0 Å². The summed E-state index contributed by atoms with van der Waals surface area (Å²) in [7, 11) is 3.16. The molecule has 2 N–H and O–H groups in total. The van der Waals surface area contributed by atoms with Crippen molar-refractivity contribution in [1.82, 2.24) is 10.0 Å². The minimum Gasteiger partial charge on any atom is -0.497 e. The highest BCUT2D eigenvalue weighted by atomic mass is 16.5. The number of ketones is 1. The van der Waals surface area contributed by atoms with Gasteiger partial charge in [0.15, 0.2) is 5.78 Å². The lowest BCUT2D eigenvalue weighted by atomic mass is 9.69. The molecule has 1 aromatic rings. The van der Waals surface area contributed by atoms with Crippen molar-refractivity contribution < 1.29 is 19.0 Å². The number of nitriles is 1. The molecule has 1 aromatic carbocycles. The molecule has 0 amide bonds. The second-order valence-electron chi connectivity index (χ2n) is 9.13. The maximum atomic E-state index is 13.6.